The summed E-state index contributed by atoms with van der Waals surface area (Å²) in [6, 6.07) is 8.81. The van der Waals surface area contributed by atoms with Crippen molar-refractivity contribution in [2.75, 3.05) is 24.7 Å². The number of urea groups is 1. The molecule has 1 fully saturated rings. The van der Waals surface area contributed by atoms with Gasteiger partial charge in [-0.25, -0.2) is 9.69 Å². The Balaban J connectivity index is 1.91. The van der Waals surface area contributed by atoms with E-state index in [1.165, 1.54) is 6.08 Å². The van der Waals surface area contributed by atoms with Gasteiger partial charge in [0.25, 0.3) is 11.8 Å². The van der Waals surface area contributed by atoms with E-state index in [-0.39, 0.29) is 17.2 Å². The summed E-state index contributed by atoms with van der Waals surface area (Å²) in [6.45, 7) is 8.63. The Labute approximate surface area is 209 Å². The zero-order valence-electron chi connectivity index (χ0n) is 19.6. The van der Waals surface area contributed by atoms with Gasteiger partial charge in [0.15, 0.2) is 11.5 Å². The molecule has 1 N–H and O–H groups in total. The third kappa shape index (κ3) is 6.22. The van der Waals surface area contributed by atoms with Gasteiger partial charge in [-0.05, 0) is 61.4 Å². The van der Waals surface area contributed by atoms with Gasteiger partial charge in [-0.15, -0.1) is 0 Å². The first-order valence-electron chi connectivity index (χ1n) is 11.2. The standard InChI is InChI=1S/C26H27ClN2O6/c1-4-7-13-34-19-10-8-18(9-11-19)29-25(31)20(24(30)28-26(29)32)14-17-15-21(27)23(35-12-5-2)22(16-17)33-6-3/h5,8-11,14-16H,2,4,6-7,12-13H2,1,3H3,(H,28,30,32)/b20-14-. The molecule has 1 aliphatic heterocycles. The molecule has 3 rings (SSSR count). The van der Waals surface area contributed by atoms with E-state index in [1.807, 2.05) is 0 Å². The Hall–Kier alpha value is -3.78. The third-order valence-corrected chi connectivity index (χ3v) is 5.23. The number of carbonyl (C=O) groups excluding carboxylic acids is 3. The minimum Gasteiger partial charge on any atom is -0.494 e. The number of ether oxygens (including phenoxy) is 3. The van der Waals surface area contributed by atoms with Crippen molar-refractivity contribution >= 4 is 41.2 Å². The second-order valence-corrected chi connectivity index (χ2v) is 7.92. The van der Waals surface area contributed by atoms with Crippen molar-refractivity contribution in [2.45, 2.75) is 26.7 Å². The highest BCUT2D eigenvalue weighted by molar-refractivity contribution is 6.39. The van der Waals surface area contributed by atoms with E-state index in [1.54, 1.807) is 49.4 Å². The monoisotopic (exact) mass is 498 g/mol. The summed E-state index contributed by atoms with van der Waals surface area (Å²) in [4.78, 5) is 39.1. The van der Waals surface area contributed by atoms with E-state index in [4.69, 9.17) is 25.8 Å². The SMILES string of the molecule is C=CCOc1c(Cl)cc(/C=C2/C(=O)NC(=O)N(c3ccc(OCCCC)cc3)C2=O)cc1OCC. The highest BCUT2D eigenvalue weighted by Gasteiger charge is 2.37. The molecule has 0 saturated carbocycles. The number of benzene rings is 2. The Kier molecular flexibility index (Phi) is 8.92. The zero-order valence-corrected chi connectivity index (χ0v) is 20.4. The number of nitrogens with zero attached hydrogens (tertiary/aromatic N) is 1. The smallest absolute Gasteiger partial charge is 0.335 e. The Morgan fingerprint density at radius 1 is 1.06 bits per heavy atom. The van der Waals surface area contributed by atoms with E-state index in [0.717, 1.165) is 17.7 Å². The van der Waals surface area contributed by atoms with Crippen LogP contribution in [0.15, 0.2) is 54.6 Å². The summed E-state index contributed by atoms with van der Waals surface area (Å²) >= 11 is 6.37. The van der Waals surface area contributed by atoms with Crippen molar-refractivity contribution in [1.29, 1.82) is 0 Å². The second-order valence-electron chi connectivity index (χ2n) is 7.52. The molecule has 2 aromatic carbocycles. The first-order chi connectivity index (χ1) is 16.9. The molecule has 4 amide bonds. The molecule has 184 valence electrons. The molecule has 8 nitrogen and oxygen atoms in total. The van der Waals surface area contributed by atoms with Gasteiger partial charge in [0.05, 0.1) is 23.9 Å². The van der Waals surface area contributed by atoms with Crippen LogP contribution in [-0.4, -0.2) is 37.7 Å². The molecular weight excluding hydrogens is 472 g/mol. The number of rotatable bonds is 11. The van der Waals surface area contributed by atoms with Crippen LogP contribution in [-0.2, 0) is 9.59 Å². The lowest BCUT2D eigenvalue weighted by molar-refractivity contribution is -0.122. The Morgan fingerprint density at radius 2 is 1.80 bits per heavy atom. The van der Waals surface area contributed by atoms with Crippen LogP contribution in [0, 0.1) is 0 Å². The second kappa shape index (κ2) is 12.1. The summed E-state index contributed by atoms with van der Waals surface area (Å²) in [6.07, 6.45) is 4.85. The lowest BCUT2D eigenvalue weighted by Crippen LogP contribution is -2.54. The largest absolute Gasteiger partial charge is 0.494 e. The van der Waals surface area contributed by atoms with Crippen molar-refractivity contribution in [1.82, 2.24) is 5.32 Å². The van der Waals surface area contributed by atoms with Gasteiger partial charge in [0, 0.05) is 0 Å². The average molecular weight is 499 g/mol. The van der Waals surface area contributed by atoms with Crippen LogP contribution in [0.3, 0.4) is 0 Å². The number of barbiturate groups is 1. The molecule has 0 unspecified atom stereocenters. The molecule has 0 radical (unpaired) electrons. The molecule has 9 heteroatoms. The van der Waals surface area contributed by atoms with Crippen molar-refractivity contribution in [3.63, 3.8) is 0 Å². The normalized spacial score (nSPS) is 14.7. The predicted molar refractivity (Wildman–Crippen MR) is 134 cm³/mol. The molecule has 35 heavy (non-hydrogen) atoms. The maximum atomic E-state index is 13.2. The highest BCUT2D eigenvalue weighted by Crippen LogP contribution is 2.37. The number of amides is 4. The average Bonchev–Trinajstić information content (AvgIpc) is 2.82. The number of carbonyl (C=O) groups is 3. The number of anilines is 1. The topological polar surface area (TPSA) is 94.2 Å². The molecule has 1 aliphatic rings. The lowest BCUT2D eigenvalue weighted by Gasteiger charge is -2.26. The van der Waals surface area contributed by atoms with E-state index in [9.17, 15) is 14.4 Å². The fourth-order valence-corrected chi connectivity index (χ4v) is 3.57. The quantitative estimate of drug-likeness (QED) is 0.199. The van der Waals surface area contributed by atoms with Gasteiger partial charge < -0.3 is 14.2 Å². The van der Waals surface area contributed by atoms with Crippen LogP contribution in [0.2, 0.25) is 5.02 Å². The zero-order chi connectivity index (χ0) is 25.4. The highest BCUT2D eigenvalue weighted by atomic mass is 35.5. The molecular formula is C26H27ClN2O6. The minimum atomic E-state index is -0.835. The molecule has 0 aliphatic carbocycles. The van der Waals surface area contributed by atoms with Crippen molar-refractivity contribution in [3.8, 4) is 17.2 Å². The lowest BCUT2D eigenvalue weighted by atomic mass is 10.1. The van der Waals surface area contributed by atoms with E-state index < -0.39 is 17.8 Å². The summed E-state index contributed by atoms with van der Waals surface area (Å²) in [5, 5.41) is 2.44. The number of hydrogen-bond donors (Lipinski definition) is 1. The number of unbranched alkanes of at least 4 members (excludes halogenated alkanes) is 1. The number of halogens is 1. The van der Waals surface area contributed by atoms with Gasteiger partial charge in [0.1, 0.15) is 17.9 Å². The van der Waals surface area contributed by atoms with Gasteiger partial charge in [-0.1, -0.05) is 37.6 Å². The van der Waals surface area contributed by atoms with Gasteiger partial charge in [-0.2, -0.15) is 0 Å². The van der Waals surface area contributed by atoms with Crippen molar-refractivity contribution < 1.29 is 28.6 Å². The van der Waals surface area contributed by atoms with Crippen LogP contribution in [0.1, 0.15) is 32.3 Å². The van der Waals surface area contributed by atoms with Gasteiger partial charge in [-0.3, -0.25) is 14.9 Å². The van der Waals surface area contributed by atoms with E-state index in [0.29, 0.717) is 41.7 Å². The first-order valence-corrected chi connectivity index (χ1v) is 11.6. The van der Waals surface area contributed by atoms with E-state index >= 15 is 0 Å². The van der Waals surface area contributed by atoms with Crippen molar-refractivity contribution in [3.05, 3.63) is 65.2 Å². The maximum Gasteiger partial charge on any atom is 0.335 e. The molecule has 0 bridgehead atoms. The number of nitrogens with one attached hydrogen (secondary N) is 1. The minimum absolute atomic E-state index is 0.223. The summed E-state index contributed by atoms with van der Waals surface area (Å²) in [5.74, 6) is -0.274. The number of imide groups is 2. The molecule has 1 saturated heterocycles. The Morgan fingerprint density at radius 3 is 2.46 bits per heavy atom. The van der Waals surface area contributed by atoms with Crippen LogP contribution in [0.25, 0.3) is 6.08 Å². The molecule has 0 spiro atoms. The maximum absolute atomic E-state index is 13.2. The molecule has 0 atom stereocenters. The van der Waals surface area contributed by atoms with Gasteiger partial charge in [0.2, 0.25) is 0 Å². The molecule has 2 aromatic rings. The summed E-state index contributed by atoms with van der Waals surface area (Å²) < 4.78 is 16.8. The fraction of sp³-hybridized carbons (Fsp3) is 0.269. The van der Waals surface area contributed by atoms with Gasteiger partial charge >= 0.3 is 6.03 Å². The van der Waals surface area contributed by atoms with Crippen LogP contribution < -0.4 is 24.4 Å². The van der Waals surface area contributed by atoms with Crippen molar-refractivity contribution in [2.24, 2.45) is 0 Å². The summed E-state index contributed by atoms with van der Waals surface area (Å²) in [7, 11) is 0. The van der Waals surface area contributed by atoms with Crippen LogP contribution in [0.5, 0.6) is 17.2 Å². The Bertz CT molecular complexity index is 1140. The molecule has 1 heterocycles. The van der Waals surface area contributed by atoms with Crippen LogP contribution >= 0.6 is 11.6 Å². The number of hydrogen-bond acceptors (Lipinski definition) is 6. The predicted octanol–water partition coefficient (Wildman–Crippen LogP) is 5.15. The fourth-order valence-electron chi connectivity index (χ4n) is 3.30. The molecule has 0 aromatic heterocycles. The van der Waals surface area contributed by atoms with E-state index in [2.05, 4.69) is 18.8 Å². The third-order valence-electron chi connectivity index (χ3n) is 4.95. The van der Waals surface area contributed by atoms with Crippen LogP contribution in [0.4, 0.5) is 10.5 Å². The first kappa shape index (κ1) is 25.8. The summed E-state index contributed by atoms with van der Waals surface area (Å²) in [5.41, 5.74) is 0.498.